The Morgan fingerprint density at radius 2 is 1.89 bits per heavy atom. The molecule has 0 saturated heterocycles. The maximum Gasteiger partial charge on any atom is 0.327 e. The van der Waals surface area contributed by atoms with Crippen molar-refractivity contribution < 1.29 is 24.4 Å². The number of aromatic nitrogens is 1. The van der Waals surface area contributed by atoms with Crippen LogP contribution >= 0.6 is 0 Å². The number of para-hydroxylation sites is 1. The number of imide groups is 1. The summed E-state index contributed by atoms with van der Waals surface area (Å²) in [6.07, 6.45) is 1.50. The number of carboxylic acid groups (broad SMARTS) is 1. The van der Waals surface area contributed by atoms with Crippen molar-refractivity contribution in [3.05, 3.63) is 75.5 Å². The lowest BCUT2D eigenvalue weighted by Gasteiger charge is -2.22. The van der Waals surface area contributed by atoms with Crippen molar-refractivity contribution in [2.45, 2.75) is 12.5 Å². The summed E-state index contributed by atoms with van der Waals surface area (Å²) in [6.45, 7) is 0. The summed E-state index contributed by atoms with van der Waals surface area (Å²) in [4.78, 5) is 51.5. The third-order valence-electron chi connectivity index (χ3n) is 4.81. The minimum absolute atomic E-state index is 0.126. The standard InChI is InChI=1S/C19H13N3O6/c23-17-12-5-3-7-14(22(27)28)16(12)18(24)21(17)15(19(25)26)8-10-9-20-13-6-2-1-4-11(10)13/h1-7,9,15,20H,8H2,(H,25,26)/t15-/m0/s1. The number of carbonyl (C=O) groups is 3. The number of hydrogen-bond donors (Lipinski definition) is 2. The van der Waals surface area contributed by atoms with Gasteiger partial charge in [0.1, 0.15) is 11.6 Å². The predicted octanol–water partition coefficient (Wildman–Crippen LogP) is 2.37. The predicted molar refractivity (Wildman–Crippen MR) is 97.0 cm³/mol. The fourth-order valence-electron chi connectivity index (χ4n) is 3.52. The van der Waals surface area contributed by atoms with Crippen molar-refractivity contribution in [2.75, 3.05) is 0 Å². The maximum atomic E-state index is 12.8. The van der Waals surface area contributed by atoms with E-state index in [1.54, 1.807) is 18.3 Å². The molecule has 1 atom stereocenters. The first-order valence-electron chi connectivity index (χ1n) is 8.33. The van der Waals surface area contributed by atoms with Crippen LogP contribution in [0.2, 0.25) is 0 Å². The molecule has 0 aliphatic carbocycles. The van der Waals surface area contributed by atoms with Crippen LogP contribution in [-0.2, 0) is 11.2 Å². The fourth-order valence-corrected chi connectivity index (χ4v) is 3.52. The van der Waals surface area contributed by atoms with Crippen LogP contribution in [0.15, 0.2) is 48.7 Å². The molecule has 9 nitrogen and oxygen atoms in total. The molecule has 2 N–H and O–H groups in total. The second-order valence-electron chi connectivity index (χ2n) is 6.35. The monoisotopic (exact) mass is 379 g/mol. The van der Waals surface area contributed by atoms with Gasteiger partial charge < -0.3 is 10.1 Å². The molecule has 0 fully saturated rings. The average Bonchev–Trinajstić information content (AvgIpc) is 3.19. The number of nitro benzene ring substituents is 1. The normalized spacial score (nSPS) is 14.4. The van der Waals surface area contributed by atoms with Gasteiger partial charge in [0.15, 0.2) is 0 Å². The van der Waals surface area contributed by atoms with E-state index in [0.717, 1.165) is 17.0 Å². The summed E-state index contributed by atoms with van der Waals surface area (Å²) in [7, 11) is 0. The van der Waals surface area contributed by atoms with Gasteiger partial charge in [0.2, 0.25) is 0 Å². The number of aliphatic carboxylic acids is 1. The minimum Gasteiger partial charge on any atom is -0.480 e. The third-order valence-corrected chi connectivity index (χ3v) is 4.81. The van der Waals surface area contributed by atoms with E-state index in [1.165, 1.54) is 12.1 Å². The van der Waals surface area contributed by atoms with E-state index >= 15 is 0 Å². The van der Waals surface area contributed by atoms with Gasteiger partial charge in [0.25, 0.3) is 17.5 Å². The highest BCUT2D eigenvalue weighted by atomic mass is 16.6. The van der Waals surface area contributed by atoms with E-state index < -0.39 is 34.4 Å². The molecule has 140 valence electrons. The molecule has 2 aromatic carbocycles. The number of nitro groups is 1. The van der Waals surface area contributed by atoms with E-state index in [0.29, 0.717) is 10.5 Å². The van der Waals surface area contributed by atoms with Crippen LogP contribution < -0.4 is 0 Å². The van der Waals surface area contributed by atoms with Crippen LogP contribution in [0.4, 0.5) is 5.69 Å². The van der Waals surface area contributed by atoms with Crippen LogP contribution in [-0.4, -0.2) is 43.7 Å². The van der Waals surface area contributed by atoms with E-state index in [2.05, 4.69) is 4.98 Å². The first-order chi connectivity index (χ1) is 13.4. The Balaban J connectivity index is 1.76. The van der Waals surface area contributed by atoms with Crippen LogP contribution in [0.25, 0.3) is 10.9 Å². The van der Waals surface area contributed by atoms with Crippen molar-refractivity contribution >= 4 is 34.4 Å². The molecule has 2 amide bonds. The van der Waals surface area contributed by atoms with Crippen LogP contribution in [0.5, 0.6) is 0 Å². The number of rotatable bonds is 5. The Morgan fingerprint density at radius 1 is 1.14 bits per heavy atom. The zero-order chi connectivity index (χ0) is 20.0. The molecular weight excluding hydrogens is 366 g/mol. The number of aromatic amines is 1. The second-order valence-corrected chi connectivity index (χ2v) is 6.35. The molecular formula is C19H13N3O6. The number of carbonyl (C=O) groups excluding carboxylic acids is 2. The summed E-state index contributed by atoms with van der Waals surface area (Å²) in [6, 6.07) is 9.43. The van der Waals surface area contributed by atoms with Gasteiger partial charge in [-0.05, 0) is 17.7 Å². The largest absolute Gasteiger partial charge is 0.480 e. The third kappa shape index (κ3) is 2.52. The summed E-state index contributed by atoms with van der Waals surface area (Å²) in [5.74, 6) is -3.20. The molecule has 0 unspecified atom stereocenters. The fraction of sp³-hybridized carbons (Fsp3) is 0.105. The molecule has 0 bridgehead atoms. The van der Waals surface area contributed by atoms with E-state index in [1.807, 2.05) is 12.1 Å². The van der Waals surface area contributed by atoms with Crippen molar-refractivity contribution in [3.63, 3.8) is 0 Å². The number of benzene rings is 2. The van der Waals surface area contributed by atoms with E-state index in [4.69, 9.17) is 0 Å². The number of nitrogens with zero attached hydrogens (tertiary/aromatic N) is 2. The molecule has 0 radical (unpaired) electrons. The van der Waals surface area contributed by atoms with Gasteiger partial charge in [0.05, 0.1) is 10.5 Å². The molecule has 4 rings (SSSR count). The van der Waals surface area contributed by atoms with Gasteiger partial charge in [-0.1, -0.05) is 24.3 Å². The Kier molecular flexibility index (Phi) is 3.92. The molecule has 9 heteroatoms. The Bertz CT molecular complexity index is 1170. The van der Waals surface area contributed by atoms with Crippen LogP contribution in [0.1, 0.15) is 26.3 Å². The number of nitrogens with one attached hydrogen (secondary N) is 1. The molecule has 1 aromatic heterocycles. The highest BCUT2D eigenvalue weighted by molar-refractivity contribution is 6.24. The number of amides is 2. The van der Waals surface area contributed by atoms with Gasteiger partial charge in [-0.3, -0.25) is 24.6 Å². The molecule has 1 aliphatic heterocycles. The molecule has 3 aromatic rings. The molecule has 0 saturated carbocycles. The van der Waals surface area contributed by atoms with Gasteiger partial charge in [-0.15, -0.1) is 0 Å². The van der Waals surface area contributed by atoms with Crippen molar-refractivity contribution in [1.29, 1.82) is 0 Å². The average molecular weight is 379 g/mol. The highest BCUT2D eigenvalue weighted by Crippen LogP contribution is 2.33. The zero-order valence-electron chi connectivity index (χ0n) is 14.3. The lowest BCUT2D eigenvalue weighted by molar-refractivity contribution is -0.385. The number of carboxylic acids is 1. The number of H-pyrrole nitrogens is 1. The molecule has 1 aliphatic rings. The maximum absolute atomic E-state index is 12.8. The smallest absolute Gasteiger partial charge is 0.327 e. The summed E-state index contributed by atoms with van der Waals surface area (Å²) in [5, 5.41) is 21.7. The molecule has 28 heavy (non-hydrogen) atoms. The Morgan fingerprint density at radius 3 is 2.61 bits per heavy atom. The number of fused-ring (bicyclic) bond motifs is 2. The summed E-state index contributed by atoms with van der Waals surface area (Å²) in [5.41, 5.74) is 0.357. The van der Waals surface area contributed by atoms with Crippen molar-refractivity contribution in [2.24, 2.45) is 0 Å². The second kappa shape index (κ2) is 6.31. The highest BCUT2D eigenvalue weighted by Gasteiger charge is 2.46. The molecule has 0 spiro atoms. The number of hydrogen-bond acceptors (Lipinski definition) is 5. The van der Waals surface area contributed by atoms with Crippen molar-refractivity contribution in [1.82, 2.24) is 9.88 Å². The lowest BCUT2D eigenvalue weighted by atomic mass is 10.0. The van der Waals surface area contributed by atoms with Crippen LogP contribution in [0, 0.1) is 10.1 Å². The first kappa shape index (κ1) is 17.4. The van der Waals surface area contributed by atoms with E-state index in [-0.39, 0.29) is 17.5 Å². The summed E-state index contributed by atoms with van der Waals surface area (Å²) < 4.78 is 0. The first-order valence-corrected chi connectivity index (χ1v) is 8.33. The van der Waals surface area contributed by atoms with Gasteiger partial charge in [-0.25, -0.2) is 4.79 Å². The Labute approximate surface area is 157 Å². The SMILES string of the molecule is O=C(O)[C@H](Cc1c[nH]c2ccccc12)N1C(=O)c2cccc([N+](=O)[O-])c2C1=O. The lowest BCUT2D eigenvalue weighted by Crippen LogP contribution is -2.46. The zero-order valence-corrected chi connectivity index (χ0v) is 14.3. The van der Waals surface area contributed by atoms with Crippen molar-refractivity contribution in [3.8, 4) is 0 Å². The van der Waals surface area contributed by atoms with Gasteiger partial charge >= 0.3 is 5.97 Å². The minimum atomic E-state index is -1.49. The summed E-state index contributed by atoms with van der Waals surface area (Å²) >= 11 is 0. The molecule has 2 heterocycles. The quantitative estimate of drug-likeness (QED) is 0.397. The Hall–Kier alpha value is -4.01. The van der Waals surface area contributed by atoms with Crippen LogP contribution in [0.3, 0.4) is 0 Å². The van der Waals surface area contributed by atoms with E-state index in [9.17, 15) is 29.6 Å². The van der Waals surface area contributed by atoms with Gasteiger partial charge in [0, 0.05) is 29.6 Å². The van der Waals surface area contributed by atoms with Gasteiger partial charge in [-0.2, -0.15) is 0 Å². The topological polar surface area (TPSA) is 134 Å².